The number of piperidine rings is 1. The van der Waals surface area contributed by atoms with E-state index < -0.39 is 29.9 Å². The van der Waals surface area contributed by atoms with E-state index in [1.807, 2.05) is 0 Å². The number of alkyl halides is 3. The second-order valence-electron chi connectivity index (χ2n) is 6.27. The van der Waals surface area contributed by atoms with Gasteiger partial charge in [-0.1, -0.05) is 0 Å². The maximum absolute atomic E-state index is 13.7. The van der Waals surface area contributed by atoms with Crippen LogP contribution in [0.3, 0.4) is 0 Å². The van der Waals surface area contributed by atoms with Gasteiger partial charge in [-0.3, -0.25) is 9.59 Å². The number of hydrogen-bond donors (Lipinski definition) is 2. The summed E-state index contributed by atoms with van der Waals surface area (Å²) in [7, 11) is 0. The fourth-order valence-electron chi connectivity index (χ4n) is 2.78. The monoisotopic (exact) mass is 412 g/mol. The van der Waals surface area contributed by atoms with Gasteiger partial charge in [0.1, 0.15) is 23.1 Å². The first-order valence-electron chi connectivity index (χ1n) is 8.60. The SMILES string of the molecule is O=C1CC(NC(=O)c2cc(F)ccc2Oc2ccc(OC(F)(F)F)cc2)CCN1. The van der Waals surface area contributed by atoms with Crippen molar-refractivity contribution in [2.45, 2.75) is 25.2 Å². The molecule has 0 aliphatic carbocycles. The highest BCUT2D eigenvalue weighted by Gasteiger charge is 2.31. The molecule has 2 aromatic rings. The zero-order chi connectivity index (χ0) is 21.0. The number of carbonyl (C=O) groups is 2. The second-order valence-corrected chi connectivity index (χ2v) is 6.27. The Bertz CT molecular complexity index is 900. The molecule has 154 valence electrons. The highest BCUT2D eigenvalue weighted by molar-refractivity contribution is 5.97. The van der Waals surface area contributed by atoms with E-state index in [1.165, 1.54) is 18.2 Å². The van der Waals surface area contributed by atoms with Gasteiger partial charge in [-0.25, -0.2) is 4.39 Å². The summed E-state index contributed by atoms with van der Waals surface area (Å²) in [6, 6.07) is 7.44. The molecule has 0 saturated carbocycles. The van der Waals surface area contributed by atoms with Gasteiger partial charge in [0.05, 0.1) is 5.56 Å². The summed E-state index contributed by atoms with van der Waals surface area (Å²) in [6.45, 7) is 0.419. The van der Waals surface area contributed by atoms with Crippen molar-refractivity contribution in [3.05, 3.63) is 53.8 Å². The molecule has 2 amide bonds. The smallest absolute Gasteiger partial charge is 0.457 e. The average Bonchev–Trinajstić information content (AvgIpc) is 2.63. The van der Waals surface area contributed by atoms with Crippen LogP contribution in [0.1, 0.15) is 23.2 Å². The maximum Gasteiger partial charge on any atom is 0.573 e. The van der Waals surface area contributed by atoms with Crippen LogP contribution < -0.4 is 20.1 Å². The van der Waals surface area contributed by atoms with Crippen LogP contribution in [0.5, 0.6) is 17.2 Å². The minimum absolute atomic E-state index is 0.00801. The summed E-state index contributed by atoms with van der Waals surface area (Å²) in [4.78, 5) is 24.0. The first-order valence-corrected chi connectivity index (χ1v) is 8.60. The molecule has 2 aromatic carbocycles. The van der Waals surface area contributed by atoms with E-state index in [-0.39, 0.29) is 29.4 Å². The van der Waals surface area contributed by atoms with Gasteiger partial charge < -0.3 is 20.1 Å². The molecule has 6 nitrogen and oxygen atoms in total. The molecule has 1 unspecified atom stereocenters. The van der Waals surface area contributed by atoms with Gasteiger partial charge in [0.25, 0.3) is 5.91 Å². The number of halogens is 4. The van der Waals surface area contributed by atoms with Crippen molar-refractivity contribution in [2.24, 2.45) is 0 Å². The predicted octanol–water partition coefficient (Wildman–Crippen LogP) is 3.53. The van der Waals surface area contributed by atoms with Crippen molar-refractivity contribution in [1.29, 1.82) is 0 Å². The zero-order valence-electron chi connectivity index (χ0n) is 14.9. The second kappa shape index (κ2) is 8.38. The molecule has 1 fully saturated rings. The van der Waals surface area contributed by atoms with Gasteiger partial charge in [-0.05, 0) is 48.9 Å². The highest BCUT2D eigenvalue weighted by Crippen LogP contribution is 2.29. The minimum atomic E-state index is -4.82. The highest BCUT2D eigenvalue weighted by atomic mass is 19.4. The largest absolute Gasteiger partial charge is 0.573 e. The predicted molar refractivity (Wildman–Crippen MR) is 93.1 cm³/mol. The molecule has 0 radical (unpaired) electrons. The minimum Gasteiger partial charge on any atom is -0.457 e. The molecule has 10 heteroatoms. The Morgan fingerprint density at radius 2 is 1.79 bits per heavy atom. The quantitative estimate of drug-likeness (QED) is 0.737. The van der Waals surface area contributed by atoms with Crippen molar-refractivity contribution in [3.8, 4) is 17.2 Å². The summed E-state index contributed by atoms with van der Waals surface area (Å²) >= 11 is 0. The van der Waals surface area contributed by atoms with Crippen LogP contribution in [0.25, 0.3) is 0 Å². The van der Waals surface area contributed by atoms with Crippen molar-refractivity contribution >= 4 is 11.8 Å². The third-order valence-corrected chi connectivity index (χ3v) is 4.05. The van der Waals surface area contributed by atoms with Crippen LogP contribution in [-0.4, -0.2) is 30.8 Å². The van der Waals surface area contributed by atoms with Crippen LogP contribution in [0.2, 0.25) is 0 Å². The molecule has 0 aromatic heterocycles. The molecule has 0 bridgehead atoms. The Morgan fingerprint density at radius 1 is 1.10 bits per heavy atom. The van der Waals surface area contributed by atoms with Gasteiger partial charge in [0.2, 0.25) is 5.91 Å². The van der Waals surface area contributed by atoms with Crippen LogP contribution in [0.4, 0.5) is 17.6 Å². The van der Waals surface area contributed by atoms with Crippen molar-refractivity contribution in [3.63, 3.8) is 0 Å². The lowest BCUT2D eigenvalue weighted by molar-refractivity contribution is -0.274. The number of amides is 2. The summed E-state index contributed by atoms with van der Waals surface area (Å²) in [5.41, 5.74) is -0.105. The van der Waals surface area contributed by atoms with Crippen molar-refractivity contribution in [2.75, 3.05) is 6.54 Å². The lowest BCUT2D eigenvalue weighted by atomic mass is 10.1. The number of nitrogens with one attached hydrogen (secondary N) is 2. The van der Waals surface area contributed by atoms with Gasteiger partial charge in [-0.2, -0.15) is 0 Å². The Labute approximate surface area is 162 Å². The zero-order valence-corrected chi connectivity index (χ0v) is 14.9. The topological polar surface area (TPSA) is 76.7 Å². The standard InChI is InChI=1S/C19H16F4N2O4/c20-11-1-6-16(28-13-2-4-14(5-3-13)29-19(21,22)23)15(9-11)18(27)25-12-7-8-24-17(26)10-12/h1-6,9,12H,7-8,10H2,(H,24,26)(H,25,27). The number of rotatable bonds is 5. The van der Waals surface area contributed by atoms with E-state index in [0.717, 1.165) is 24.3 Å². The van der Waals surface area contributed by atoms with Gasteiger partial charge in [0.15, 0.2) is 0 Å². The van der Waals surface area contributed by atoms with E-state index >= 15 is 0 Å². The first-order chi connectivity index (χ1) is 13.7. The molecule has 1 heterocycles. The van der Waals surface area contributed by atoms with Crippen LogP contribution >= 0.6 is 0 Å². The summed E-state index contributed by atoms with van der Waals surface area (Å²) in [6.07, 6.45) is -4.18. The molecule has 3 rings (SSSR count). The van der Waals surface area contributed by atoms with Crippen LogP contribution in [0.15, 0.2) is 42.5 Å². The number of ether oxygens (including phenoxy) is 2. The molecule has 1 aliphatic heterocycles. The van der Waals surface area contributed by atoms with Gasteiger partial charge in [0, 0.05) is 19.0 Å². The van der Waals surface area contributed by atoms with E-state index in [1.54, 1.807) is 0 Å². The van der Waals surface area contributed by atoms with Crippen molar-refractivity contribution < 1.29 is 36.6 Å². The van der Waals surface area contributed by atoms with E-state index in [2.05, 4.69) is 15.4 Å². The van der Waals surface area contributed by atoms with Gasteiger partial charge >= 0.3 is 6.36 Å². The number of carbonyl (C=O) groups excluding carboxylic acids is 2. The summed E-state index contributed by atoms with van der Waals surface area (Å²) < 4.78 is 59.7. The molecule has 1 atom stereocenters. The van der Waals surface area contributed by atoms with E-state index in [9.17, 15) is 27.2 Å². The van der Waals surface area contributed by atoms with E-state index in [0.29, 0.717) is 13.0 Å². The Balaban J connectivity index is 1.74. The lowest BCUT2D eigenvalue weighted by Gasteiger charge is -2.23. The van der Waals surface area contributed by atoms with Crippen molar-refractivity contribution in [1.82, 2.24) is 10.6 Å². The Hall–Kier alpha value is -3.30. The maximum atomic E-state index is 13.7. The fraction of sp³-hybridized carbons (Fsp3) is 0.263. The summed E-state index contributed by atoms with van der Waals surface area (Å²) in [5, 5.41) is 5.30. The van der Waals surface area contributed by atoms with E-state index in [4.69, 9.17) is 4.74 Å². The fourth-order valence-corrected chi connectivity index (χ4v) is 2.78. The molecule has 1 aliphatic rings. The molecular weight excluding hydrogens is 396 g/mol. The lowest BCUT2D eigenvalue weighted by Crippen LogP contribution is -2.45. The molecular formula is C19H16F4N2O4. The van der Waals surface area contributed by atoms with Gasteiger partial charge in [-0.15, -0.1) is 13.2 Å². The third kappa shape index (κ3) is 5.84. The average molecular weight is 412 g/mol. The number of benzene rings is 2. The Kier molecular flexibility index (Phi) is 5.90. The Morgan fingerprint density at radius 3 is 2.45 bits per heavy atom. The molecule has 29 heavy (non-hydrogen) atoms. The van der Waals surface area contributed by atoms with Crippen LogP contribution in [0, 0.1) is 5.82 Å². The van der Waals surface area contributed by atoms with Crippen LogP contribution in [-0.2, 0) is 4.79 Å². The number of hydrogen-bond acceptors (Lipinski definition) is 4. The molecule has 1 saturated heterocycles. The molecule has 0 spiro atoms. The summed E-state index contributed by atoms with van der Waals surface area (Å²) in [5.74, 6) is -1.80. The third-order valence-electron chi connectivity index (χ3n) is 4.05. The molecule has 2 N–H and O–H groups in total. The normalized spacial score (nSPS) is 16.7. The first kappa shape index (κ1) is 20.4.